The Balaban J connectivity index is 0.000000225. The molecule has 0 radical (unpaired) electrons. The van der Waals surface area contributed by atoms with Crippen LogP contribution in [0.2, 0.25) is 0 Å². The van der Waals surface area contributed by atoms with E-state index < -0.39 is 0 Å². The average Bonchev–Trinajstić information content (AvgIpc) is 3.25. The second-order valence-corrected chi connectivity index (χ2v) is 7.01. The van der Waals surface area contributed by atoms with Crippen LogP contribution in [0.1, 0.15) is 31.2 Å². The standard InChI is InChI=1S/C12H13N5O.C5H9NO.C4H8/c1-8-4-14-17-7-10(9-5-13-16(2)6-9)15-12(18-3)11(8)17;1-4-5(7)6(2)3;1-2-4-3-1/h4-7H,1-3H3;4H,1H2,2-3H3;1-4H2. The molecule has 0 spiro atoms. The molecule has 29 heavy (non-hydrogen) atoms. The zero-order chi connectivity index (χ0) is 21.4. The highest BCUT2D eigenvalue weighted by atomic mass is 16.5. The van der Waals surface area contributed by atoms with Crippen LogP contribution in [0, 0.1) is 6.92 Å². The van der Waals surface area contributed by atoms with Crippen LogP contribution in [0.4, 0.5) is 0 Å². The molecule has 1 amide bonds. The van der Waals surface area contributed by atoms with Crippen molar-refractivity contribution in [1.82, 2.24) is 29.3 Å². The fourth-order valence-electron chi connectivity index (χ4n) is 2.39. The summed E-state index contributed by atoms with van der Waals surface area (Å²) in [6.45, 7) is 5.27. The number of ether oxygens (including phenoxy) is 1. The normalized spacial score (nSPS) is 12.0. The highest BCUT2D eigenvalue weighted by Gasteiger charge is 2.12. The Bertz CT molecular complexity index is 949. The Morgan fingerprint density at radius 3 is 2.24 bits per heavy atom. The van der Waals surface area contributed by atoms with Crippen LogP contribution in [0.3, 0.4) is 0 Å². The van der Waals surface area contributed by atoms with E-state index in [1.807, 2.05) is 26.4 Å². The molecular weight excluding hydrogens is 368 g/mol. The predicted molar refractivity (Wildman–Crippen MR) is 114 cm³/mol. The topological polar surface area (TPSA) is 77.6 Å². The molecule has 1 aliphatic carbocycles. The minimum absolute atomic E-state index is 0.0556. The van der Waals surface area contributed by atoms with Gasteiger partial charge in [-0.2, -0.15) is 10.2 Å². The van der Waals surface area contributed by atoms with Crippen molar-refractivity contribution in [3.63, 3.8) is 0 Å². The summed E-state index contributed by atoms with van der Waals surface area (Å²) in [4.78, 5) is 16.3. The Hall–Kier alpha value is -3.16. The number of methoxy groups -OCH3 is 1. The average molecular weight is 399 g/mol. The Labute approximate surface area is 171 Å². The lowest BCUT2D eigenvalue weighted by molar-refractivity contribution is -0.123. The molecule has 0 N–H and O–H groups in total. The SMILES string of the molecule is C1CCC1.C=CC(=O)N(C)C.COc1nc(-c2cnn(C)c2)cn2ncc(C)c12. The number of fused-ring (bicyclic) bond motifs is 1. The number of rotatable bonds is 3. The molecule has 0 aliphatic heterocycles. The van der Waals surface area contributed by atoms with Gasteiger partial charge >= 0.3 is 0 Å². The van der Waals surface area contributed by atoms with Crippen molar-refractivity contribution in [2.24, 2.45) is 7.05 Å². The highest BCUT2D eigenvalue weighted by Crippen LogP contribution is 2.25. The minimum Gasteiger partial charge on any atom is -0.479 e. The third kappa shape index (κ3) is 5.91. The number of hydrogen-bond acceptors (Lipinski definition) is 5. The molecule has 1 fully saturated rings. The Kier molecular flexibility index (Phi) is 7.94. The fraction of sp³-hybridized carbons (Fsp3) is 0.429. The Morgan fingerprint density at radius 1 is 1.17 bits per heavy atom. The molecule has 3 aromatic rings. The summed E-state index contributed by atoms with van der Waals surface area (Å²) >= 11 is 0. The highest BCUT2D eigenvalue weighted by molar-refractivity contribution is 5.86. The summed E-state index contributed by atoms with van der Waals surface area (Å²) in [5.74, 6) is 0.520. The molecule has 0 unspecified atom stereocenters. The number of aryl methyl sites for hydroxylation is 2. The number of nitrogens with zero attached hydrogens (tertiary/aromatic N) is 6. The summed E-state index contributed by atoms with van der Waals surface area (Å²) in [6.07, 6.45) is 14.6. The van der Waals surface area contributed by atoms with E-state index in [4.69, 9.17) is 4.74 Å². The quantitative estimate of drug-likeness (QED) is 0.633. The largest absolute Gasteiger partial charge is 0.479 e. The van der Waals surface area contributed by atoms with Gasteiger partial charge in [0.25, 0.3) is 0 Å². The molecule has 0 saturated heterocycles. The predicted octanol–water partition coefficient (Wildman–Crippen LogP) is 3.27. The van der Waals surface area contributed by atoms with E-state index in [1.165, 1.54) is 36.7 Å². The second kappa shape index (κ2) is 10.4. The number of aromatic nitrogens is 5. The lowest BCUT2D eigenvalue weighted by Crippen LogP contribution is -2.18. The third-order valence-corrected chi connectivity index (χ3v) is 4.46. The first-order chi connectivity index (χ1) is 13.9. The molecule has 0 atom stereocenters. The van der Waals surface area contributed by atoms with Crippen LogP contribution in [0.15, 0.2) is 37.4 Å². The van der Waals surface area contributed by atoms with Crippen LogP contribution in [-0.4, -0.2) is 56.4 Å². The molecule has 156 valence electrons. The number of carbonyl (C=O) groups is 1. The first kappa shape index (κ1) is 22.1. The lowest BCUT2D eigenvalue weighted by atomic mass is 10.0. The molecule has 3 aromatic heterocycles. The van der Waals surface area contributed by atoms with Crippen molar-refractivity contribution in [1.29, 1.82) is 0 Å². The summed E-state index contributed by atoms with van der Waals surface area (Å²) in [5.41, 5.74) is 3.66. The zero-order valence-electron chi connectivity index (χ0n) is 17.9. The number of amides is 1. The van der Waals surface area contributed by atoms with Gasteiger partial charge in [-0.15, -0.1) is 0 Å². The van der Waals surface area contributed by atoms with Crippen molar-refractivity contribution in [3.8, 4) is 17.1 Å². The molecule has 8 nitrogen and oxygen atoms in total. The molecule has 8 heteroatoms. The van der Waals surface area contributed by atoms with Crippen molar-refractivity contribution < 1.29 is 9.53 Å². The van der Waals surface area contributed by atoms with Crippen LogP contribution >= 0.6 is 0 Å². The van der Waals surface area contributed by atoms with Gasteiger partial charge in [-0.3, -0.25) is 9.48 Å². The van der Waals surface area contributed by atoms with E-state index in [1.54, 1.807) is 42.8 Å². The zero-order valence-corrected chi connectivity index (χ0v) is 17.9. The van der Waals surface area contributed by atoms with Crippen molar-refractivity contribution in [2.45, 2.75) is 32.6 Å². The molecule has 4 rings (SSSR count). The van der Waals surface area contributed by atoms with Gasteiger partial charge < -0.3 is 9.64 Å². The maximum atomic E-state index is 10.3. The van der Waals surface area contributed by atoms with Gasteiger partial charge in [0.05, 0.1) is 31.4 Å². The van der Waals surface area contributed by atoms with Gasteiger partial charge in [0.2, 0.25) is 11.8 Å². The maximum Gasteiger partial charge on any atom is 0.245 e. The van der Waals surface area contributed by atoms with E-state index in [0.29, 0.717) is 5.88 Å². The first-order valence-corrected chi connectivity index (χ1v) is 9.59. The molecule has 0 aromatic carbocycles. The number of likely N-dealkylation sites (N-methyl/N-ethyl adjacent to an activating group) is 1. The van der Waals surface area contributed by atoms with Crippen molar-refractivity contribution in [3.05, 3.63) is 43.0 Å². The summed E-state index contributed by atoms with van der Waals surface area (Å²) in [6, 6.07) is 0. The van der Waals surface area contributed by atoms with E-state index >= 15 is 0 Å². The van der Waals surface area contributed by atoms with Gasteiger partial charge in [0.1, 0.15) is 5.52 Å². The van der Waals surface area contributed by atoms with Crippen molar-refractivity contribution in [2.75, 3.05) is 21.2 Å². The van der Waals surface area contributed by atoms with Gasteiger partial charge in [-0.1, -0.05) is 32.3 Å². The summed E-state index contributed by atoms with van der Waals surface area (Å²) in [5, 5.41) is 8.43. The summed E-state index contributed by atoms with van der Waals surface area (Å²) < 4.78 is 8.86. The molecule has 3 heterocycles. The van der Waals surface area contributed by atoms with Crippen LogP contribution in [0.5, 0.6) is 5.88 Å². The summed E-state index contributed by atoms with van der Waals surface area (Å²) in [7, 11) is 6.85. The van der Waals surface area contributed by atoms with Crippen LogP contribution in [-0.2, 0) is 11.8 Å². The van der Waals surface area contributed by atoms with Crippen LogP contribution in [0.25, 0.3) is 16.8 Å². The Morgan fingerprint density at radius 2 is 1.83 bits per heavy atom. The fourth-order valence-corrected chi connectivity index (χ4v) is 2.39. The lowest BCUT2D eigenvalue weighted by Gasteiger charge is -2.05. The molecule has 0 bridgehead atoms. The van der Waals surface area contributed by atoms with Crippen molar-refractivity contribution >= 4 is 11.4 Å². The second-order valence-electron chi connectivity index (χ2n) is 7.01. The van der Waals surface area contributed by atoms with Gasteiger partial charge in [-0.25, -0.2) is 9.50 Å². The molecular formula is C21H30N6O2. The van der Waals surface area contributed by atoms with Gasteiger partial charge in [0.15, 0.2) is 0 Å². The molecule has 1 saturated carbocycles. The number of hydrogen-bond donors (Lipinski definition) is 0. The van der Waals surface area contributed by atoms with E-state index in [2.05, 4.69) is 21.8 Å². The first-order valence-electron chi connectivity index (χ1n) is 9.59. The van der Waals surface area contributed by atoms with E-state index in [0.717, 1.165) is 22.3 Å². The van der Waals surface area contributed by atoms with Gasteiger partial charge in [-0.05, 0) is 13.0 Å². The monoisotopic (exact) mass is 398 g/mol. The van der Waals surface area contributed by atoms with Crippen LogP contribution < -0.4 is 4.74 Å². The third-order valence-electron chi connectivity index (χ3n) is 4.46. The maximum absolute atomic E-state index is 10.3. The van der Waals surface area contributed by atoms with E-state index in [9.17, 15) is 4.79 Å². The molecule has 1 aliphatic rings. The minimum atomic E-state index is -0.0556. The smallest absolute Gasteiger partial charge is 0.245 e. The number of carbonyl (C=O) groups excluding carboxylic acids is 1. The van der Waals surface area contributed by atoms with E-state index in [-0.39, 0.29) is 5.91 Å². The van der Waals surface area contributed by atoms with Gasteiger partial charge in [0, 0.05) is 38.5 Å².